The molecule has 0 unspecified atom stereocenters. The van der Waals surface area contributed by atoms with E-state index in [4.69, 9.17) is 9.15 Å². The molecular formula is C22H23FN2O4S. The molecule has 0 radical (unpaired) electrons. The highest BCUT2D eigenvalue weighted by molar-refractivity contribution is 7.91. The van der Waals surface area contributed by atoms with Crippen molar-refractivity contribution in [1.82, 2.24) is 4.98 Å². The number of oxazole rings is 1. The fourth-order valence-electron chi connectivity index (χ4n) is 3.64. The number of morpholine rings is 1. The van der Waals surface area contributed by atoms with Gasteiger partial charge in [-0.3, -0.25) is 0 Å². The van der Waals surface area contributed by atoms with Crippen molar-refractivity contribution in [2.45, 2.75) is 42.9 Å². The maximum absolute atomic E-state index is 13.4. The lowest BCUT2D eigenvalue weighted by Crippen LogP contribution is -2.45. The third-order valence-electron chi connectivity index (χ3n) is 4.93. The van der Waals surface area contributed by atoms with Crippen molar-refractivity contribution in [2.24, 2.45) is 0 Å². The van der Waals surface area contributed by atoms with Gasteiger partial charge < -0.3 is 14.1 Å². The van der Waals surface area contributed by atoms with Crippen LogP contribution in [0.15, 0.2) is 62.9 Å². The van der Waals surface area contributed by atoms with Crippen molar-refractivity contribution in [3.05, 3.63) is 59.9 Å². The summed E-state index contributed by atoms with van der Waals surface area (Å²) in [6, 6.07) is 12.2. The summed E-state index contributed by atoms with van der Waals surface area (Å²) < 4.78 is 51.9. The van der Waals surface area contributed by atoms with Crippen LogP contribution in [0.5, 0.6) is 0 Å². The van der Waals surface area contributed by atoms with Crippen LogP contribution in [0.3, 0.4) is 0 Å². The van der Waals surface area contributed by atoms with Gasteiger partial charge in [0, 0.05) is 18.7 Å². The van der Waals surface area contributed by atoms with E-state index in [-0.39, 0.29) is 33.9 Å². The van der Waals surface area contributed by atoms with Crippen LogP contribution in [0, 0.1) is 12.7 Å². The molecule has 0 amide bonds. The number of aromatic nitrogens is 1. The van der Waals surface area contributed by atoms with Gasteiger partial charge >= 0.3 is 0 Å². The van der Waals surface area contributed by atoms with Crippen LogP contribution in [-0.4, -0.2) is 38.7 Å². The molecule has 0 N–H and O–H groups in total. The molecule has 6 nitrogen and oxygen atoms in total. The predicted octanol–water partition coefficient (Wildman–Crippen LogP) is 4.24. The molecule has 1 aliphatic heterocycles. The van der Waals surface area contributed by atoms with Crippen LogP contribution in [-0.2, 0) is 14.6 Å². The van der Waals surface area contributed by atoms with Gasteiger partial charge in [0.2, 0.25) is 26.6 Å². The van der Waals surface area contributed by atoms with E-state index in [1.165, 1.54) is 12.1 Å². The van der Waals surface area contributed by atoms with Crippen LogP contribution in [0.2, 0.25) is 0 Å². The maximum atomic E-state index is 13.4. The van der Waals surface area contributed by atoms with E-state index < -0.39 is 15.7 Å². The number of hydrogen-bond donors (Lipinski definition) is 0. The van der Waals surface area contributed by atoms with Gasteiger partial charge in [-0.25, -0.2) is 12.8 Å². The number of sulfone groups is 1. The normalized spacial score (nSPS) is 19.8. The molecule has 0 saturated carbocycles. The van der Waals surface area contributed by atoms with Crippen molar-refractivity contribution in [2.75, 3.05) is 18.0 Å². The average molecular weight is 431 g/mol. The van der Waals surface area contributed by atoms with Crippen LogP contribution < -0.4 is 4.90 Å². The number of hydrogen-bond acceptors (Lipinski definition) is 6. The van der Waals surface area contributed by atoms with Crippen LogP contribution in [0.25, 0.3) is 11.5 Å². The molecule has 2 heterocycles. The van der Waals surface area contributed by atoms with Gasteiger partial charge in [0.05, 0.1) is 17.1 Å². The van der Waals surface area contributed by atoms with Gasteiger partial charge in [-0.1, -0.05) is 17.7 Å². The zero-order valence-corrected chi connectivity index (χ0v) is 17.8. The quantitative estimate of drug-likeness (QED) is 0.577. The van der Waals surface area contributed by atoms with Gasteiger partial charge in [0.1, 0.15) is 5.82 Å². The topological polar surface area (TPSA) is 72.6 Å². The van der Waals surface area contributed by atoms with E-state index in [2.05, 4.69) is 4.98 Å². The van der Waals surface area contributed by atoms with Crippen molar-refractivity contribution in [3.8, 4) is 11.5 Å². The lowest BCUT2D eigenvalue weighted by atomic mass is 10.1. The summed E-state index contributed by atoms with van der Waals surface area (Å²) >= 11 is 0. The third kappa shape index (κ3) is 3.97. The zero-order chi connectivity index (χ0) is 21.5. The first kappa shape index (κ1) is 20.6. The van der Waals surface area contributed by atoms with E-state index in [0.29, 0.717) is 18.7 Å². The molecule has 4 rings (SSSR count). The molecule has 1 aliphatic rings. The molecule has 0 bridgehead atoms. The van der Waals surface area contributed by atoms with Crippen LogP contribution in [0.1, 0.15) is 19.4 Å². The summed E-state index contributed by atoms with van der Waals surface area (Å²) in [4.78, 5) is 6.20. The maximum Gasteiger partial charge on any atom is 0.236 e. The predicted molar refractivity (Wildman–Crippen MR) is 111 cm³/mol. The largest absolute Gasteiger partial charge is 0.419 e. The summed E-state index contributed by atoms with van der Waals surface area (Å²) in [6.07, 6.45) is -0.190. The van der Waals surface area contributed by atoms with E-state index in [9.17, 15) is 12.8 Å². The minimum Gasteiger partial charge on any atom is -0.419 e. The highest BCUT2D eigenvalue weighted by atomic mass is 32.2. The molecule has 2 atom stereocenters. The molecule has 30 heavy (non-hydrogen) atoms. The molecule has 2 aromatic carbocycles. The second kappa shape index (κ2) is 7.85. The van der Waals surface area contributed by atoms with Crippen molar-refractivity contribution >= 4 is 15.7 Å². The summed E-state index contributed by atoms with van der Waals surface area (Å²) in [6.45, 7) is 6.73. The Labute approximate surface area is 175 Å². The Morgan fingerprint density at radius 2 is 1.73 bits per heavy atom. The molecule has 3 aromatic rings. The zero-order valence-electron chi connectivity index (χ0n) is 17.0. The smallest absolute Gasteiger partial charge is 0.236 e. The van der Waals surface area contributed by atoms with E-state index >= 15 is 0 Å². The molecule has 0 spiro atoms. The Morgan fingerprint density at radius 3 is 2.37 bits per heavy atom. The number of nitrogens with zero attached hydrogens (tertiary/aromatic N) is 2. The molecule has 158 valence electrons. The lowest BCUT2D eigenvalue weighted by Gasteiger charge is -2.35. The summed E-state index contributed by atoms with van der Waals surface area (Å²) in [7, 11) is -4.02. The monoisotopic (exact) mass is 430 g/mol. The van der Waals surface area contributed by atoms with E-state index in [0.717, 1.165) is 17.7 Å². The van der Waals surface area contributed by atoms with Crippen LogP contribution in [0.4, 0.5) is 10.3 Å². The highest BCUT2D eigenvalue weighted by Crippen LogP contribution is 2.36. The molecule has 1 aromatic heterocycles. The van der Waals surface area contributed by atoms with E-state index in [1.807, 2.05) is 49.9 Å². The molecule has 0 aliphatic carbocycles. The average Bonchev–Trinajstić information content (AvgIpc) is 3.14. The summed E-state index contributed by atoms with van der Waals surface area (Å²) in [5.41, 5.74) is 1.69. The number of anilines is 1. The number of rotatable bonds is 4. The Morgan fingerprint density at radius 1 is 1.07 bits per heavy atom. The summed E-state index contributed by atoms with van der Waals surface area (Å²) in [5, 5.41) is -0.174. The first-order valence-corrected chi connectivity index (χ1v) is 11.2. The molecule has 1 fully saturated rings. The van der Waals surface area contributed by atoms with Crippen LogP contribution >= 0.6 is 0 Å². The standard InChI is InChI=1S/C22H23FN2O4S/c1-14-5-4-6-17(11-14)20-24-21(30(26,27)19-9-7-18(23)8-10-19)22(29-20)25-12-15(2)28-16(3)13-25/h4-11,15-16H,12-13H2,1-3H3/t15-,16-/m0/s1. The Kier molecular flexibility index (Phi) is 5.38. The molecular weight excluding hydrogens is 407 g/mol. The second-order valence-electron chi connectivity index (χ2n) is 7.62. The first-order valence-electron chi connectivity index (χ1n) is 9.73. The number of ether oxygens (including phenoxy) is 1. The van der Waals surface area contributed by atoms with Crippen molar-refractivity contribution in [1.29, 1.82) is 0 Å². The third-order valence-corrected chi connectivity index (χ3v) is 6.60. The minimum absolute atomic E-state index is 0.0383. The molecule has 1 saturated heterocycles. The Hall–Kier alpha value is -2.71. The van der Waals surface area contributed by atoms with Gasteiger partial charge in [-0.05, 0) is 57.2 Å². The minimum atomic E-state index is -4.02. The number of halogens is 1. The van der Waals surface area contributed by atoms with Gasteiger partial charge in [-0.15, -0.1) is 0 Å². The highest BCUT2D eigenvalue weighted by Gasteiger charge is 2.34. The molecule has 8 heteroatoms. The van der Waals surface area contributed by atoms with Crippen molar-refractivity contribution in [3.63, 3.8) is 0 Å². The fourth-order valence-corrected chi connectivity index (χ4v) is 4.96. The fraction of sp³-hybridized carbons (Fsp3) is 0.318. The Balaban J connectivity index is 1.86. The Bertz CT molecular complexity index is 1150. The SMILES string of the molecule is Cc1cccc(-c2nc(S(=O)(=O)c3ccc(F)cc3)c(N3C[C@H](C)O[C@@H](C)C3)o2)c1. The number of benzene rings is 2. The van der Waals surface area contributed by atoms with Gasteiger partial charge in [0.15, 0.2) is 0 Å². The van der Waals surface area contributed by atoms with Gasteiger partial charge in [-0.2, -0.15) is 4.98 Å². The van der Waals surface area contributed by atoms with E-state index in [1.54, 1.807) is 0 Å². The van der Waals surface area contributed by atoms with Gasteiger partial charge in [0.25, 0.3) is 0 Å². The first-order chi connectivity index (χ1) is 14.2. The lowest BCUT2D eigenvalue weighted by molar-refractivity contribution is -0.00657. The van der Waals surface area contributed by atoms with Crippen molar-refractivity contribution < 1.29 is 22.0 Å². The summed E-state index contributed by atoms with van der Waals surface area (Å²) in [5.74, 6) is -0.107. The second-order valence-corrected chi connectivity index (χ2v) is 9.48. The number of aryl methyl sites for hydroxylation is 1.